The van der Waals surface area contributed by atoms with Gasteiger partial charge in [-0.3, -0.25) is 10.1 Å². The largest absolute Gasteiger partial charge is 0.491 e. The molecule has 31 heavy (non-hydrogen) atoms. The number of ether oxygens (including phenoxy) is 4. The zero-order valence-corrected chi connectivity index (χ0v) is 18.2. The Labute approximate surface area is 185 Å². The lowest BCUT2D eigenvalue weighted by molar-refractivity contribution is -0.149. The van der Waals surface area contributed by atoms with E-state index in [0.29, 0.717) is 41.2 Å². The lowest BCUT2D eigenvalue weighted by atomic mass is 10.0. The molecule has 0 fully saturated rings. The van der Waals surface area contributed by atoms with Crippen LogP contribution in [0, 0.1) is 0 Å². The van der Waals surface area contributed by atoms with Gasteiger partial charge in [-0.1, -0.05) is 29.8 Å². The molecule has 0 spiro atoms. The zero-order valence-electron chi connectivity index (χ0n) is 17.4. The van der Waals surface area contributed by atoms with Crippen LogP contribution in [0.2, 0.25) is 5.02 Å². The van der Waals surface area contributed by atoms with Gasteiger partial charge >= 0.3 is 5.97 Å². The molecule has 3 rings (SSSR count). The van der Waals surface area contributed by atoms with Crippen LogP contribution in [0.1, 0.15) is 13.3 Å². The van der Waals surface area contributed by atoms with Crippen molar-refractivity contribution in [2.75, 3.05) is 38.8 Å². The van der Waals surface area contributed by atoms with Crippen LogP contribution in [-0.4, -0.2) is 50.9 Å². The fraction of sp³-hybridized carbons (Fsp3) is 0.364. The van der Waals surface area contributed by atoms with Crippen LogP contribution in [0.4, 0.5) is 5.69 Å². The summed E-state index contributed by atoms with van der Waals surface area (Å²) in [5, 5.41) is 5.96. The molecule has 2 aromatic rings. The number of nitrogens with one attached hydrogen (secondary N) is 2. The van der Waals surface area contributed by atoms with E-state index in [0.717, 1.165) is 6.42 Å². The van der Waals surface area contributed by atoms with Crippen LogP contribution in [0.3, 0.4) is 0 Å². The molecule has 1 heterocycles. The van der Waals surface area contributed by atoms with Gasteiger partial charge in [-0.2, -0.15) is 0 Å². The fourth-order valence-electron chi connectivity index (χ4n) is 2.90. The molecule has 0 bridgehead atoms. The van der Waals surface area contributed by atoms with Crippen molar-refractivity contribution in [3.63, 3.8) is 0 Å². The van der Waals surface area contributed by atoms with E-state index < -0.39 is 17.4 Å². The summed E-state index contributed by atoms with van der Waals surface area (Å²) < 4.78 is 21.8. The van der Waals surface area contributed by atoms with Crippen molar-refractivity contribution in [1.29, 1.82) is 0 Å². The van der Waals surface area contributed by atoms with Gasteiger partial charge in [0, 0.05) is 18.6 Å². The summed E-state index contributed by atoms with van der Waals surface area (Å²) in [6, 6.07) is 12.3. The summed E-state index contributed by atoms with van der Waals surface area (Å²) in [5.74, 6) is 0.703. The maximum absolute atomic E-state index is 12.5. The Kier molecular flexibility index (Phi) is 7.59. The van der Waals surface area contributed by atoms with Gasteiger partial charge in [-0.15, -0.1) is 0 Å². The number of amides is 1. The van der Waals surface area contributed by atoms with E-state index in [4.69, 9.17) is 30.5 Å². The van der Waals surface area contributed by atoms with Gasteiger partial charge in [0.05, 0.1) is 37.6 Å². The predicted octanol–water partition coefficient (Wildman–Crippen LogP) is 3.04. The molecular weight excluding hydrogens is 424 g/mol. The standard InChI is InChI=1S/C22H25ClN2O6/c1-22(21(27)28-2,14-31-15-7-4-3-5-8-15)24-13-20(26)25-17-12-19-18(11-16(17)23)29-9-6-10-30-19/h3-5,7-8,11-12,24H,6,9-10,13-14H2,1-2H3,(H,25,26). The zero-order chi connectivity index (χ0) is 22.3. The summed E-state index contributed by atoms with van der Waals surface area (Å²) in [4.78, 5) is 24.9. The molecule has 1 aliphatic rings. The molecule has 1 amide bonds. The highest BCUT2D eigenvalue weighted by Crippen LogP contribution is 2.37. The third-order valence-corrected chi connectivity index (χ3v) is 4.97. The average Bonchev–Trinajstić information content (AvgIpc) is 3.01. The molecule has 8 nitrogen and oxygen atoms in total. The SMILES string of the molecule is COC(=O)C(C)(COc1ccccc1)NCC(=O)Nc1cc2c(cc1Cl)OCCCO2. The quantitative estimate of drug-likeness (QED) is 0.599. The second-order valence-corrected chi connectivity index (χ2v) is 7.56. The van der Waals surface area contributed by atoms with E-state index in [9.17, 15) is 9.59 Å². The summed E-state index contributed by atoms with van der Waals surface area (Å²) in [7, 11) is 1.28. The first-order valence-corrected chi connectivity index (χ1v) is 10.2. The number of carbonyl (C=O) groups is 2. The smallest absolute Gasteiger partial charge is 0.329 e. The van der Waals surface area contributed by atoms with Crippen LogP contribution in [0.5, 0.6) is 17.2 Å². The monoisotopic (exact) mass is 448 g/mol. The summed E-state index contributed by atoms with van der Waals surface area (Å²) in [6.07, 6.45) is 0.759. The maximum Gasteiger partial charge on any atom is 0.329 e. The summed E-state index contributed by atoms with van der Waals surface area (Å²) >= 11 is 6.27. The number of anilines is 1. The van der Waals surface area contributed by atoms with Gasteiger partial charge in [0.2, 0.25) is 5.91 Å². The van der Waals surface area contributed by atoms with Crippen molar-refractivity contribution >= 4 is 29.2 Å². The Morgan fingerprint density at radius 3 is 2.48 bits per heavy atom. The molecule has 1 atom stereocenters. The Bertz CT molecular complexity index is 924. The highest BCUT2D eigenvalue weighted by molar-refractivity contribution is 6.34. The lowest BCUT2D eigenvalue weighted by Crippen LogP contribution is -2.56. The summed E-state index contributed by atoms with van der Waals surface area (Å²) in [5.41, 5.74) is -0.853. The molecule has 166 valence electrons. The fourth-order valence-corrected chi connectivity index (χ4v) is 3.10. The maximum atomic E-state index is 12.5. The molecular formula is C22H25ClN2O6. The van der Waals surface area contributed by atoms with Gasteiger partial charge in [-0.05, 0) is 19.1 Å². The van der Waals surface area contributed by atoms with Crippen molar-refractivity contribution in [2.45, 2.75) is 18.9 Å². The first kappa shape index (κ1) is 22.7. The second-order valence-electron chi connectivity index (χ2n) is 7.16. The Balaban J connectivity index is 1.63. The van der Waals surface area contributed by atoms with E-state index in [1.54, 1.807) is 31.2 Å². The number of methoxy groups -OCH3 is 1. The van der Waals surface area contributed by atoms with E-state index >= 15 is 0 Å². The normalized spacial score (nSPS) is 14.7. The number of fused-ring (bicyclic) bond motifs is 1. The highest BCUT2D eigenvalue weighted by Gasteiger charge is 2.36. The van der Waals surface area contributed by atoms with Crippen molar-refractivity contribution in [1.82, 2.24) is 5.32 Å². The van der Waals surface area contributed by atoms with Crippen LogP contribution < -0.4 is 24.8 Å². The van der Waals surface area contributed by atoms with E-state index in [1.165, 1.54) is 7.11 Å². The Morgan fingerprint density at radius 2 is 1.81 bits per heavy atom. The average molecular weight is 449 g/mol. The number of para-hydroxylation sites is 1. The Morgan fingerprint density at radius 1 is 1.13 bits per heavy atom. The Hall–Kier alpha value is -2.97. The second kappa shape index (κ2) is 10.4. The topological polar surface area (TPSA) is 95.1 Å². The van der Waals surface area contributed by atoms with Gasteiger partial charge < -0.3 is 24.3 Å². The molecule has 1 unspecified atom stereocenters. The molecule has 1 aliphatic heterocycles. The molecule has 0 saturated heterocycles. The number of benzene rings is 2. The minimum absolute atomic E-state index is 0.0260. The number of hydrogen-bond acceptors (Lipinski definition) is 7. The van der Waals surface area contributed by atoms with Crippen LogP contribution >= 0.6 is 11.6 Å². The third-order valence-electron chi connectivity index (χ3n) is 4.66. The van der Waals surface area contributed by atoms with Gasteiger partial charge in [0.1, 0.15) is 17.9 Å². The highest BCUT2D eigenvalue weighted by atomic mass is 35.5. The van der Waals surface area contributed by atoms with Gasteiger partial charge in [0.15, 0.2) is 11.5 Å². The van der Waals surface area contributed by atoms with E-state index in [-0.39, 0.29) is 13.2 Å². The van der Waals surface area contributed by atoms with E-state index in [1.807, 2.05) is 18.2 Å². The minimum atomic E-state index is -1.24. The number of carbonyl (C=O) groups excluding carboxylic acids is 2. The summed E-state index contributed by atoms with van der Waals surface area (Å²) in [6.45, 7) is 2.46. The first-order valence-electron chi connectivity index (χ1n) is 9.81. The van der Waals surface area contributed by atoms with Crippen molar-refractivity contribution in [3.05, 3.63) is 47.5 Å². The molecule has 0 aromatic heterocycles. The molecule has 0 radical (unpaired) electrons. The van der Waals surface area contributed by atoms with Crippen molar-refractivity contribution in [3.8, 4) is 17.2 Å². The number of esters is 1. The van der Waals surface area contributed by atoms with E-state index in [2.05, 4.69) is 10.6 Å². The molecule has 2 N–H and O–H groups in total. The van der Waals surface area contributed by atoms with Crippen LogP contribution in [-0.2, 0) is 14.3 Å². The molecule has 2 aromatic carbocycles. The third kappa shape index (κ3) is 6.02. The lowest BCUT2D eigenvalue weighted by Gasteiger charge is -2.27. The molecule has 0 aliphatic carbocycles. The molecule has 9 heteroatoms. The minimum Gasteiger partial charge on any atom is -0.491 e. The molecule has 0 saturated carbocycles. The van der Waals surface area contributed by atoms with Crippen molar-refractivity contribution in [2.24, 2.45) is 0 Å². The number of rotatable bonds is 8. The number of hydrogen-bond donors (Lipinski definition) is 2. The first-order chi connectivity index (χ1) is 14.9. The predicted molar refractivity (Wildman–Crippen MR) is 116 cm³/mol. The van der Waals surface area contributed by atoms with Gasteiger partial charge in [-0.25, -0.2) is 4.79 Å². The van der Waals surface area contributed by atoms with Gasteiger partial charge in [0.25, 0.3) is 0 Å². The van der Waals surface area contributed by atoms with Crippen molar-refractivity contribution < 1.29 is 28.5 Å². The number of halogens is 1. The van der Waals surface area contributed by atoms with Crippen LogP contribution in [0.25, 0.3) is 0 Å². The van der Waals surface area contributed by atoms with Crippen LogP contribution in [0.15, 0.2) is 42.5 Å².